The van der Waals surface area contributed by atoms with Gasteiger partial charge >= 0.3 is 0 Å². The number of aliphatic hydroxyl groups excluding tert-OH is 1. The van der Waals surface area contributed by atoms with Gasteiger partial charge in [0.1, 0.15) is 40.6 Å². The summed E-state index contributed by atoms with van der Waals surface area (Å²) in [7, 11) is 4.38. The third kappa shape index (κ3) is 3.86. The van der Waals surface area contributed by atoms with Crippen molar-refractivity contribution in [3.05, 3.63) is 76.2 Å². The number of ketones is 1. The van der Waals surface area contributed by atoms with Gasteiger partial charge in [0.2, 0.25) is 0 Å². The van der Waals surface area contributed by atoms with Crippen molar-refractivity contribution in [1.29, 1.82) is 0 Å². The first kappa shape index (κ1) is 23.3. The predicted molar refractivity (Wildman–Crippen MR) is 126 cm³/mol. The highest BCUT2D eigenvalue weighted by Crippen LogP contribution is 2.45. The maximum absolute atomic E-state index is 13.3. The second-order valence-corrected chi connectivity index (χ2v) is 7.91. The number of methoxy groups -OCH3 is 3. The molecule has 1 saturated heterocycles. The first-order chi connectivity index (χ1) is 16.3. The quantitative estimate of drug-likeness (QED) is 0.302. The molecule has 9 heteroatoms. The van der Waals surface area contributed by atoms with Crippen LogP contribution in [0.1, 0.15) is 23.1 Å². The summed E-state index contributed by atoms with van der Waals surface area (Å²) in [6.45, 7) is 1.75. The second-order valence-electron chi connectivity index (χ2n) is 7.50. The Morgan fingerprint density at radius 1 is 0.971 bits per heavy atom. The van der Waals surface area contributed by atoms with Crippen molar-refractivity contribution in [2.45, 2.75) is 13.0 Å². The molecule has 1 amide bonds. The van der Waals surface area contributed by atoms with Crippen LogP contribution in [0.5, 0.6) is 17.2 Å². The summed E-state index contributed by atoms with van der Waals surface area (Å²) in [5.74, 6) is -0.118. The molecule has 34 heavy (non-hydrogen) atoms. The average Bonchev–Trinajstić information content (AvgIpc) is 3.39. The molecule has 1 aliphatic heterocycles. The average molecular weight is 484 g/mol. The highest BCUT2D eigenvalue weighted by molar-refractivity contribution is 6.51. The molecule has 1 atom stereocenters. The van der Waals surface area contributed by atoms with Gasteiger partial charge in [-0.25, -0.2) is 0 Å². The lowest BCUT2D eigenvalue weighted by molar-refractivity contribution is -0.132. The highest BCUT2D eigenvalue weighted by atomic mass is 35.5. The Bertz CT molecular complexity index is 1290. The van der Waals surface area contributed by atoms with Crippen LogP contribution >= 0.6 is 11.6 Å². The van der Waals surface area contributed by atoms with Gasteiger partial charge in [-0.2, -0.15) is 0 Å². The third-order valence-electron chi connectivity index (χ3n) is 5.55. The smallest absolute Gasteiger partial charge is 0.300 e. The molecule has 0 radical (unpaired) electrons. The summed E-state index contributed by atoms with van der Waals surface area (Å²) in [6.07, 6.45) is 0. The van der Waals surface area contributed by atoms with Gasteiger partial charge < -0.3 is 23.7 Å². The van der Waals surface area contributed by atoms with E-state index in [1.54, 1.807) is 43.3 Å². The molecule has 176 valence electrons. The zero-order valence-electron chi connectivity index (χ0n) is 18.9. The molecular weight excluding hydrogens is 462 g/mol. The number of rotatable bonds is 6. The molecule has 0 bridgehead atoms. The van der Waals surface area contributed by atoms with Crippen LogP contribution in [0.25, 0.3) is 5.76 Å². The number of furan rings is 1. The van der Waals surface area contributed by atoms with Crippen LogP contribution in [0.4, 0.5) is 5.69 Å². The zero-order valence-corrected chi connectivity index (χ0v) is 19.7. The molecule has 0 aliphatic carbocycles. The molecule has 0 spiro atoms. The fraction of sp³-hybridized carbons (Fsp3) is 0.200. The van der Waals surface area contributed by atoms with E-state index in [0.29, 0.717) is 28.7 Å². The Labute approximate surface area is 200 Å². The molecule has 1 N–H and O–H groups in total. The van der Waals surface area contributed by atoms with Gasteiger partial charge in [0.15, 0.2) is 0 Å². The van der Waals surface area contributed by atoms with Crippen molar-refractivity contribution in [3.8, 4) is 17.2 Å². The monoisotopic (exact) mass is 483 g/mol. The molecule has 4 rings (SSSR count). The van der Waals surface area contributed by atoms with Crippen LogP contribution in [0.15, 0.2) is 58.5 Å². The third-order valence-corrected chi connectivity index (χ3v) is 5.85. The van der Waals surface area contributed by atoms with Crippen LogP contribution in [0.2, 0.25) is 5.02 Å². The van der Waals surface area contributed by atoms with Gasteiger partial charge in [0.05, 0.1) is 37.5 Å². The number of halogens is 1. The molecule has 1 aliphatic rings. The van der Waals surface area contributed by atoms with Crippen molar-refractivity contribution < 1.29 is 33.3 Å². The van der Waals surface area contributed by atoms with Crippen LogP contribution in [0, 0.1) is 6.92 Å². The molecule has 1 fully saturated rings. The second kappa shape index (κ2) is 9.15. The molecule has 0 saturated carbocycles. The largest absolute Gasteiger partial charge is 0.507 e. The molecule has 1 aromatic heterocycles. The number of amides is 1. The number of aryl methyl sites for hydroxylation is 1. The predicted octanol–water partition coefficient (Wildman–Crippen LogP) is 4.89. The van der Waals surface area contributed by atoms with Gasteiger partial charge in [-0.05, 0) is 49.4 Å². The summed E-state index contributed by atoms with van der Waals surface area (Å²) in [4.78, 5) is 27.7. The number of nitrogens with zero attached hydrogens (tertiary/aromatic N) is 1. The summed E-state index contributed by atoms with van der Waals surface area (Å²) in [6, 6.07) is 11.9. The van der Waals surface area contributed by atoms with E-state index in [0.717, 1.165) is 0 Å². The van der Waals surface area contributed by atoms with Crippen molar-refractivity contribution in [2.75, 3.05) is 26.2 Å². The van der Waals surface area contributed by atoms with Crippen LogP contribution < -0.4 is 19.1 Å². The number of aliphatic hydroxyl groups is 1. The number of carbonyl (C=O) groups is 2. The lowest BCUT2D eigenvalue weighted by atomic mass is 9.98. The maximum atomic E-state index is 13.3. The van der Waals surface area contributed by atoms with E-state index in [2.05, 4.69) is 0 Å². The minimum atomic E-state index is -1.02. The van der Waals surface area contributed by atoms with Gasteiger partial charge in [0.25, 0.3) is 11.7 Å². The summed E-state index contributed by atoms with van der Waals surface area (Å²) in [5, 5.41) is 11.5. The van der Waals surface area contributed by atoms with E-state index in [1.807, 2.05) is 0 Å². The molecule has 2 aromatic carbocycles. The van der Waals surface area contributed by atoms with Crippen molar-refractivity contribution in [1.82, 2.24) is 0 Å². The van der Waals surface area contributed by atoms with E-state index >= 15 is 0 Å². The lowest BCUT2D eigenvalue weighted by Crippen LogP contribution is -2.29. The van der Waals surface area contributed by atoms with Gasteiger partial charge in [-0.1, -0.05) is 11.6 Å². The number of ether oxygens (including phenoxy) is 3. The van der Waals surface area contributed by atoms with Crippen LogP contribution in [-0.4, -0.2) is 38.1 Å². The Morgan fingerprint density at radius 2 is 1.65 bits per heavy atom. The Balaban J connectivity index is 1.95. The van der Waals surface area contributed by atoms with Crippen LogP contribution in [-0.2, 0) is 9.59 Å². The number of carbonyl (C=O) groups excluding carboxylic acids is 2. The first-order valence-corrected chi connectivity index (χ1v) is 10.6. The molecule has 1 unspecified atom stereocenters. The van der Waals surface area contributed by atoms with Gasteiger partial charge in [-0.15, -0.1) is 0 Å². The molecular formula is C25H22ClNO7. The molecule has 3 aromatic rings. The van der Waals surface area contributed by atoms with Crippen molar-refractivity contribution in [3.63, 3.8) is 0 Å². The van der Waals surface area contributed by atoms with E-state index in [1.165, 1.54) is 38.4 Å². The standard InChI is InChI=1S/C25H22ClNO7/c1-13-5-10-18(34-13)22-21(23(28)16-11-17(26)20(33-4)12-19(16)32-3)24(29)25(30)27(22)14-6-8-15(31-2)9-7-14/h5-12,22,28H,1-4H3/b23-21+. The van der Waals surface area contributed by atoms with E-state index < -0.39 is 23.5 Å². The molecule has 8 nitrogen and oxygen atoms in total. The maximum Gasteiger partial charge on any atom is 0.300 e. The number of Topliss-reactive ketones (excluding diaryl/α,β-unsaturated/α-hetero) is 1. The zero-order chi connectivity index (χ0) is 24.6. The van der Waals surface area contributed by atoms with E-state index in [-0.39, 0.29) is 21.9 Å². The highest BCUT2D eigenvalue weighted by Gasteiger charge is 2.48. The SMILES string of the molecule is COc1ccc(N2C(=O)C(=O)/C(=C(/O)c3cc(Cl)c(OC)cc3OC)C2c2ccc(C)o2)cc1. The fourth-order valence-electron chi connectivity index (χ4n) is 3.90. The van der Waals surface area contributed by atoms with Crippen molar-refractivity contribution >= 4 is 34.7 Å². The lowest BCUT2D eigenvalue weighted by Gasteiger charge is -2.23. The van der Waals surface area contributed by atoms with Crippen LogP contribution in [0.3, 0.4) is 0 Å². The Kier molecular flexibility index (Phi) is 6.26. The summed E-state index contributed by atoms with van der Waals surface area (Å²) >= 11 is 6.28. The van der Waals surface area contributed by atoms with Crippen molar-refractivity contribution in [2.24, 2.45) is 0 Å². The Hall–Kier alpha value is -3.91. The summed E-state index contributed by atoms with van der Waals surface area (Å²) < 4.78 is 21.6. The number of hydrogen-bond donors (Lipinski definition) is 1. The van der Waals surface area contributed by atoms with Gasteiger partial charge in [-0.3, -0.25) is 14.5 Å². The Morgan fingerprint density at radius 3 is 2.21 bits per heavy atom. The molecule has 2 heterocycles. The van der Waals surface area contributed by atoms with Gasteiger partial charge in [0, 0.05) is 11.8 Å². The number of hydrogen-bond acceptors (Lipinski definition) is 7. The minimum absolute atomic E-state index is 0.134. The van der Waals surface area contributed by atoms with E-state index in [9.17, 15) is 14.7 Å². The first-order valence-electron chi connectivity index (χ1n) is 10.2. The minimum Gasteiger partial charge on any atom is -0.507 e. The normalized spacial score (nSPS) is 17.2. The van der Waals surface area contributed by atoms with E-state index in [4.69, 9.17) is 30.2 Å². The number of anilines is 1. The number of benzene rings is 2. The summed E-state index contributed by atoms with van der Waals surface area (Å²) in [5.41, 5.74) is 0.407. The topological polar surface area (TPSA) is 98.4 Å². The fourth-order valence-corrected chi connectivity index (χ4v) is 4.14.